The van der Waals surface area contributed by atoms with Gasteiger partial charge in [-0.15, -0.1) is 17.0 Å². The van der Waals surface area contributed by atoms with E-state index in [0.717, 1.165) is 5.56 Å². The molecular weight excluding hydrogens is 521 g/mol. The van der Waals surface area contributed by atoms with Crippen LogP contribution in [0.25, 0.3) is 0 Å². The zero-order valence-corrected chi connectivity index (χ0v) is 22.6. The molecule has 0 radical (unpaired) electrons. The number of hydrogen-bond acceptors (Lipinski definition) is 7. The third-order valence-electron chi connectivity index (χ3n) is 5.79. The van der Waals surface area contributed by atoms with Crippen molar-refractivity contribution in [3.05, 3.63) is 46.3 Å². The van der Waals surface area contributed by atoms with E-state index in [-0.39, 0.29) is 70.8 Å². The van der Waals surface area contributed by atoms with Crippen LogP contribution in [-0.2, 0) is 12.0 Å². The molecular formula is C25H33BrFN3O5. The normalized spacial score (nSPS) is 12.7. The number of anilines is 1. The Morgan fingerprint density at radius 1 is 1.14 bits per heavy atom. The van der Waals surface area contributed by atoms with Gasteiger partial charge in [-0.3, -0.25) is 10.2 Å². The van der Waals surface area contributed by atoms with E-state index in [9.17, 15) is 9.90 Å². The van der Waals surface area contributed by atoms with Crippen molar-refractivity contribution in [1.82, 2.24) is 4.90 Å². The summed E-state index contributed by atoms with van der Waals surface area (Å²) in [4.78, 5) is 14.9. The second-order valence-electron chi connectivity index (χ2n) is 9.09. The first kappa shape index (κ1) is 28.4. The van der Waals surface area contributed by atoms with Gasteiger partial charge >= 0.3 is 0 Å². The maximum absolute atomic E-state index is 15.0. The second-order valence-corrected chi connectivity index (χ2v) is 9.09. The Balaban J connectivity index is 0.00000432. The van der Waals surface area contributed by atoms with Crippen LogP contribution < -0.4 is 19.5 Å². The number of aliphatic hydroxyl groups excluding tert-OH is 1. The van der Waals surface area contributed by atoms with Crippen LogP contribution in [-0.4, -0.2) is 62.7 Å². The summed E-state index contributed by atoms with van der Waals surface area (Å²) >= 11 is 0. The predicted molar refractivity (Wildman–Crippen MR) is 139 cm³/mol. The monoisotopic (exact) mass is 553 g/mol. The van der Waals surface area contributed by atoms with Gasteiger partial charge in [0.1, 0.15) is 11.6 Å². The highest BCUT2D eigenvalue weighted by atomic mass is 79.9. The molecule has 0 spiro atoms. The summed E-state index contributed by atoms with van der Waals surface area (Å²) in [6.45, 7) is 6.38. The van der Waals surface area contributed by atoms with Gasteiger partial charge in [-0.25, -0.2) is 4.39 Å². The maximum atomic E-state index is 15.0. The minimum absolute atomic E-state index is 0. The van der Waals surface area contributed by atoms with E-state index in [4.69, 9.17) is 19.6 Å². The minimum Gasteiger partial charge on any atom is -0.494 e. The van der Waals surface area contributed by atoms with Gasteiger partial charge < -0.3 is 29.5 Å². The number of benzene rings is 2. The van der Waals surface area contributed by atoms with Crippen LogP contribution in [0, 0.1) is 11.2 Å². The van der Waals surface area contributed by atoms with E-state index in [0.29, 0.717) is 29.1 Å². The summed E-state index contributed by atoms with van der Waals surface area (Å²) < 4.78 is 31.0. The number of ketones is 1. The molecule has 1 heterocycles. The number of carbonyl (C=O) groups is 1. The number of aliphatic hydroxyl groups is 1. The Hall–Kier alpha value is -2.85. The van der Waals surface area contributed by atoms with Crippen molar-refractivity contribution >= 4 is 34.3 Å². The van der Waals surface area contributed by atoms with Gasteiger partial charge in [0, 0.05) is 24.2 Å². The molecule has 1 aliphatic heterocycles. The molecule has 0 amide bonds. The van der Waals surface area contributed by atoms with Crippen molar-refractivity contribution in [2.24, 2.45) is 0 Å². The molecule has 0 atom stereocenters. The molecule has 3 rings (SSSR count). The third kappa shape index (κ3) is 5.54. The van der Waals surface area contributed by atoms with E-state index in [2.05, 4.69) is 5.32 Å². The molecule has 0 fully saturated rings. The van der Waals surface area contributed by atoms with Gasteiger partial charge in [0.2, 0.25) is 0 Å². The minimum atomic E-state index is -0.674. The Morgan fingerprint density at radius 2 is 1.80 bits per heavy atom. The quantitative estimate of drug-likeness (QED) is 0.400. The molecule has 192 valence electrons. The molecule has 3 N–H and O–H groups in total. The number of amidine groups is 1. The zero-order chi connectivity index (χ0) is 25.2. The van der Waals surface area contributed by atoms with Gasteiger partial charge in [-0.2, -0.15) is 0 Å². The van der Waals surface area contributed by atoms with E-state index >= 15 is 4.39 Å². The van der Waals surface area contributed by atoms with Gasteiger partial charge in [-0.1, -0.05) is 20.8 Å². The molecule has 0 unspecified atom stereocenters. The van der Waals surface area contributed by atoms with Crippen LogP contribution in [0.4, 0.5) is 10.1 Å². The molecule has 8 nitrogen and oxygen atoms in total. The number of Topliss-reactive ketones (excluding diaryl/α,β-unsaturated/α-hetero) is 1. The molecule has 10 heteroatoms. The largest absolute Gasteiger partial charge is 0.494 e. The summed E-state index contributed by atoms with van der Waals surface area (Å²) in [6.07, 6.45) is 0. The lowest BCUT2D eigenvalue weighted by Gasteiger charge is -2.26. The van der Waals surface area contributed by atoms with Crippen LogP contribution in [0.5, 0.6) is 17.2 Å². The number of hydrogen-bond donors (Lipinski definition) is 3. The molecule has 0 aromatic heterocycles. The summed E-state index contributed by atoms with van der Waals surface area (Å²) in [5.74, 6) is -0.193. The lowest BCUT2D eigenvalue weighted by Crippen LogP contribution is -2.31. The lowest BCUT2D eigenvalue weighted by molar-refractivity contribution is 0.0962. The number of nitrogens with one attached hydrogen (secondary N) is 2. The summed E-state index contributed by atoms with van der Waals surface area (Å²) in [6, 6.07) is 5.12. The molecule has 0 aliphatic carbocycles. The van der Waals surface area contributed by atoms with Crippen molar-refractivity contribution in [3.63, 3.8) is 0 Å². The van der Waals surface area contributed by atoms with Crippen molar-refractivity contribution < 1.29 is 28.5 Å². The number of halogens is 2. The Morgan fingerprint density at radius 3 is 2.34 bits per heavy atom. The Kier molecular flexibility index (Phi) is 9.13. The molecule has 35 heavy (non-hydrogen) atoms. The van der Waals surface area contributed by atoms with Crippen molar-refractivity contribution in [1.29, 1.82) is 5.41 Å². The standard InChI is InChI=1S/C25H32FN3O5.BrH/c1-25(2,3)16-9-14(10-17(22(16)33-5)28-7-8-30)18(31)13-29-12-15-11-19(32-4)23(34-6)21(26)20(15)24(29)27;/h9-11,27-28,30H,7-8,12-13H2,1-6H3;1H. The first-order chi connectivity index (χ1) is 16.1. The fourth-order valence-electron chi connectivity index (χ4n) is 4.11. The fraction of sp³-hybridized carbons (Fsp3) is 0.440. The van der Waals surface area contributed by atoms with Crippen LogP contribution in [0.3, 0.4) is 0 Å². The average molecular weight is 554 g/mol. The van der Waals surface area contributed by atoms with Crippen LogP contribution in [0.15, 0.2) is 18.2 Å². The first-order valence-corrected chi connectivity index (χ1v) is 10.9. The van der Waals surface area contributed by atoms with Crippen molar-refractivity contribution in [2.75, 3.05) is 46.3 Å². The summed E-state index contributed by atoms with van der Waals surface area (Å²) in [5.41, 5.74) is 2.23. The van der Waals surface area contributed by atoms with Crippen molar-refractivity contribution in [2.45, 2.75) is 32.7 Å². The smallest absolute Gasteiger partial charge is 0.197 e. The van der Waals surface area contributed by atoms with E-state index in [1.807, 2.05) is 20.8 Å². The zero-order valence-electron chi connectivity index (χ0n) is 20.9. The third-order valence-corrected chi connectivity index (χ3v) is 5.79. The number of carbonyl (C=O) groups excluding carboxylic acids is 1. The van der Waals surface area contributed by atoms with Crippen LogP contribution >= 0.6 is 17.0 Å². The maximum Gasteiger partial charge on any atom is 0.197 e. The second kappa shape index (κ2) is 11.3. The van der Waals surface area contributed by atoms with Crippen molar-refractivity contribution in [3.8, 4) is 17.2 Å². The summed E-state index contributed by atoms with van der Waals surface area (Å²) in [5, 5.41) is 20.9. The highest BCUT2D eigenvalue weighted by Gasteiger charge is 2.33. The Bertz CT molecular complexity index is 1120. The van der Waals surface area contributed by atoms with Crippen LogP contribution in [0.1, 0.15) is 47.8 Å². The molecule has 0 saturated carbocycles. The molecule has 1 aliphatic rings. The average Bonchev–Trinajstić information content (AvgIpc) is 3.11. The topological polar surface area (TPSA) is 104 Å². The van der Waals surface area contributed by atoms with E-state index < -0.39 is 5.82 Å². The highest BCUT2D eigenvalue weighted by molar-refractivity contribution is 8.93. The number of ether oxygens (including phenoxy) is 3. The molecule has 2 aromatic rings. The number of methoxy groups -OCH3 is 3. The van der Waals surface area contributed by atoms with E-state index in [1.165, 1.54) is 19.1 Å². The van der Waals surface area contributed by atoms with Gasteiger partial charge in [0.05, 0.1) is 45.7 Å². The fourth-order valence-corrected chi connectivity index (χ4v) is 4.11. The van der Waals surface area contributed by atoms with Gasteiger partial charge in [0.15, 0.2) is 23.1 Å². The lowest BCUT2D eigenvalue weighted by atomic mass is 9.84. The molecule has 0 saturated heterocycles. The molecule has 2 aromatic carbocycles. The van der Waals surface area contributed by atoms with Gasteiger partial charge in [-0.05, 0) is 29.2 Å². The molecule has 0 bridgehead atoms. The SMILES string of the molecule is Br.COc1cc2c(c(F)c1OC)C(=N)N(CC(=O)c1cc(NCCO)c(OC)c(C(C)(C)C)c1)C2. The van der Waals surface area contributed by atoms with E-state index in [1.54, 1.807) is 25.3 Å². The van der Waals surface area contributed by atoms with Crippen LogP contribution in [0.2, 0.25) is 0 Å². The highest BCUT2D eigenvalue weighted by Crippen LogP contribution is 2.40. The number of rotatable bonds is 9. The van der Waals surface area contributed by atoms with Gasteiger partial charge in [0.25, 0.3) is 0 Å². The predicted octanol–water partition coefficient (Wildman–Crippen LogP) is 4.15. The number of fused-ring (bicyclic) bond motifs is 1. The number of nitrogens with zero attached hydrogens (tertiary/aromatic N) is 1. The first-order valence-electron chi connectivity index (χ1n) is 10.9. The Labute approximate surface area is 215 Å². The summed E-state index contributed by atoms with van der Waals surface area (Å²) in [7, 11) is 4.33.